The summed E-state index contributed by atoms with van der Waals surface area (Å²) in [5.41, 5.74) is 1.55. The van der Waals surface area contributed by atoms with Gasteiger partial charge in [-0.15, -0.1) is 10.2 Å². The van der Waals surface area contributed by atoms with Crippen LogP contribution in [0.4, 0.5) is 5.69 Å². The highest BCUT2D eigenvalue weighted by molar-refractivity contribution is 7.99. The Morgan fingerprint density at radius 1 is 1.48 bits per heavy atom. The lowest BCUT2D eigenvalue weighted by atomic mass is 10.2. The number of nitrogens with two attached hydrogens (primary N) is 1. The Kier molecular flexibility index (Phi) is 5.08. The summed E-state index contributed by atoms with van der Waals surface area (Å²) in [6.45, 7) is 3.80. The molecular weight excluding hydrogens is 310 g/mol. The minimum Gasteiger partial charge on any atom is -0.336 e. The third kappa shape index (κ3) is 3.68. The van der Waals surface area contributed by atoms with Gasteiger partial charge in [-0.1, -0.05) is 36.4 Å². The van der Waals surface area contributed by atoms with Crippen LogP contribution in [-0.2, 0) is 11.2 Å². The SMILES string of the molecule is CCc1nnc(SCC(=O)Nc2cccc(Cl)c2C)n1N. The Morgan fingerprint density at radius 3 is 2.90 bits per heavy atom. The molecule has 112 valence electrons. The Balaban J connectivity index is 1.96. The molecule has 0 radical (unpaired) electrons. The van der Waals surface area contributed by atoms with Crippen LogP contribution >= 0.6 is 23.4 Å². The molecule has 1 aromatic heterocycles. The van der Waals surface area contributed by atoms with Crippen LogP contribution in [0.3, 0.4) is 0 Å². The molecule has 1 heterocycles. The molecule has 0 aliphatic rings. The van der Waals surface area contributed by atoms with Crippen molar-refractivity contribution in [3.8, 4) is 0 Å². The van der Waals surface area contributed by atoms with Crippen LogP contribution < -0.4 is 11.2 Å². The van der Waals surface area contributed by atoms with Crippen LogP contribution in [0.15, 0.2) is 23.4 Å². The van der Waals surface area contributed by atoms with Crippen molar-refractivity contribution in [1.29, 1.82) is 0 Å². The average molecular weight is 326 g/mol. The zero-order chi connectivity index (χ0) is 15.4. The first-order chi connectivity index (χ1) is 10.0. The number of halogens is 1. The molecule has 0 spiro atoms. The fourth-order valence-electron chi connectivity index (χ4n) is 1.71. The molecule has 0 bridgehead atoms. The highest BCUT2D eigenvalue weighted by Gasteiger charge is 2.12. The van der Waals surface area contributed by atoms with Crippen LogP contribution in [0.5, 0.6) is 0 Å². The maximum atomic E-state index is 12.0. The highest BCUT2D eigenvalue weighted by atomic mass is 35.5. The van der Waals surface area contributed by atoms with Crippen molar-refractivity contribution in [2.75, 3.05) is 16.9 Å². The van der Waals surface area contributed by atoms with E-state index in [9.17, 15) is 4.79 Å². The fraction of sp³-hybridized carbons (Fsp3) is 0.308. The molecule has 0 aliphatic heterocycles. The molecule has 0 atom stereocenters. The van der Waals surface area contributed by atoms with Crippen molar-refractivity contribution in [2.45, 2.75) is 25.4 Å². The number of hydrogen-bond acceptors (Lipinski definition) is 5. The monoisotopic (exact) mass is 325 g/mol. The van der Waals surface area contributed by atoms with Crippen molar-refractivity contribution >= 4 is 35.0 Å². The van der Waals surface area contributed by atoms with E-state index >= 15 is 0 Å². The zero-order valence-electron chi connectivity index (χ0n) is 11.8. The van der Waals surface area contributed by atoms with Gasteiger partial charge in [-0.25, -0.2) is 4.68 Å². The second-order valence-electron chi connectivity index (χ2n) is 4.37. The number of anilines is 1. The number of nitrogen functional groups attached to an aromatic ring is 1. The van der Waals surface area contributed by atoms with Gasteiger partial charge in [-0.3, -0.25) is 4.79 Å². The molecule has 0 unspecified atom stereocenters. The van der Waals surface area contributed by atoms with Gasteiger partial charge in [0.15, 0.2) is 5.82 Å². The average Bonchev–Trinajstić information content (AvgIpc) is 2.82. The maximum absolute atomic E-state index is 12.0. The molecule has 8 heteroatoms. The topological polar surface area (TPSA) is 85.8 Å². The summed E-state index contributed by atoms with van der Waals surface area (Å²) in [4.78, 5) is 12.0. The number of nitrogens with one attached hydrogen (secondary N) is 1. The second kappa shape index (κ2) is 6.82. The quantitative estimate of drug-likeness (QED) is 0.650. The van der Waals surface area contributed by atoms with E-state index in [1.54, 1.807) is 12.1 Å². The molecule has 0 saturated heterocycles. The lowest BCUT2D eigenvalue weighted by molar-refractivity contribution is -0.113. The summed E-state index contributed by atoms with van der Waals surface area (Å²) in [6.07, 6.45) is 0.692. The number of benzene rings is 1. The van der Waals surface area contributed by atoms with Crippen LogP contribution in [0.1, 0.15) is 18.3 Å². The number of aryl methyl sites for hydroxylation is 1. The summed E-state index contributed by atoms with van der Waals surface area (Å²) < 4.78 is 1.41. The van der Waals surface area contributed by atoms with Crippen molar-refractivity contribution in [2.24, 2.45) is 0 Å². The van der Waals surface area contributed by atoms with E-state index in [-0.39, 0.29) is 11.7 Å². The number of amides is 1. The zero-order valence-corrected chi connectivity index (χ0v) is 13.3. The minimum absolute atomic E-state index is 0.147. The summed E-state index contributed by atoms with van der Waals surface area (Å²) in [5, 5.41) is 11.8. The Hall–Kier alpha value is -1.73. The molecule has 3 N–H and O–H groups in total. The van der Waals surface area contributed by atoms with Crippen LogP contribution in [-0.4, -0.2) is 26.5 Å². The van der Waals surface area contributed by atoms with Gasteiger partial charge in [0.1, 0.15) is 0 Å². The van der Waals surface area contributed by atoms with E-state index in [1.807, 2.05) is 19.9 Å². The van der Waals surface area contributed by atoms with Crippen molar-refractivity contribution < 1.29 is 4.79 Å². The molecule has 6 nitrogen and oxygen atoms in total. The first-order valence-electron chi connectivity index (χ1n) is 6.40. The smallest absolute Gasteiger partial charge is 0.234 e. The molecule has 1 amide bonds. The van der Waals surface area contributed by atoms with Gasteiger partial charge in [-0.2, -0.15) is 0 Å². The third-order valence-electron chi connectivity index (χ3n) is 2.93. The van der Waals surface area contributed by atoms with Crippen molar-refractivity contribution in [3.05, 3.63) is 34.6 Å². The maximum Gasteiger partial charge on any atom is 0.234 e. The molecule has 0 fully saturated rings. The van der Waals surface area contributed by atoms with Crippen LogP contribution in [0.25, 0.3) is 0 Å². The number of thioether (sulfide) groups is 1. The van der Waals surface area contributed by atoms with E-state index in [0.29, 0.717) is 28.1 Å². The van der Waals surface area contributed by atoms with E-state index in [0.717, 1.165) is 5.56 Å². The van der Waals surface area contributed by atoms with Gasteiger partial charge < -0.3 is 11.2 Å². The highest BCUT2D eigenvalue weighted by Crippen LogP contribution is 2.23. The fourth-order valence-corrected chi connectivity index (χ4v) is 2.56. The number of carbonyl (C=O) groups excluding carboxylic acids is 1. The number of nitrogens with zero attached hydrogens (tertiary/aromatic N) is 3. The molecule has 0 saturated carbocycles. The lowest BCUT2D eigenvalue weighted by Gasteiger charge is -2.09. The van der Waals surface area contributed by atoms with E-state index in [2.05, 4.69) is 15.5 Å². The normalized spacial score (nSPS) is 10.6. The van der Waals surface area contributed by atoms with Gasteiger partial charge in [0, 0.05) is 17.1 Å². The summed E-state index contributed by atoms with van der Waals surface area (Å²) in [7, 11) is 0. The van der Waals surface area contributed by atoms with E-state index in [1.165, 1.54) is 16.4 Å². The standard InChI is InChI=1S/C13H16ClN5OS/c1-3-11-17-18-13(19(11)15)21-7-12(20)16-10-6-4-5-9(14)8(10)2/h4-6H,3,7,15H2,1-2H3,(H,16,20). The largest absolute Gasteiger partial charge is 0.336 e. The van der Waals surface area contributed by atoms with Gasteiger partial charge in [0.05, 0.1) is 5.75 Å². The van der Waals surface area contributed by atoms with Crippen LogP contribution in [0.2, 0.25) is 5.02 Å². The predicted octanol–water partition coefficient (Wildman–Crippen LogP) is 2.25. The third-order valence-corrected chi connectivity index (χ3v) is 4.28. The number of hydrogen-bond donors (Lipinski definition) is 2. The second-order valence-corrected chi connectivity index (χ2v) is 5.72. The van der Waals surface area contributed by atoms with Crippen LogP contribution in [0, 0.1) is 6.92 Å². The molecule has 0 aliphatic carbocycles. The van der Waals surface area contributed by atoms with Gasteiger partial charge >= 0.3 is 0 Å². The first kappa shape index (κ1) is 15.7. The Bertz CT molecular complexity index is 658. The molecule has 1 aromatic carbocycles. The van der Waals surface area contributed by atoms with Gasteiger partial charge in [0.25, 0.3) is 0 Å². The predicted molar refractivity (Wildman–Crippen MR) is 85.1 cm³/mol. The molecule has 2 aromatic rings. The summed E-state index contributed by atoms with van der Waals surface area (Å²) in [5.74, 6) is 6.55. The van der Waals surface area contributed by atoms with Gasteiger partial charge in [0.2, 0.25) is 11.1 Å². The number of aromatic nitrogens is 3. The Morgan fingerprint density at radius 2 is 2.24 bits per heavy atom. The van der Waals surface area contributed by atoms with Crippen molar-refractivity contribution in [1.82, 2.24) is 14.9 Å². The first-order valence-corrected chi connectivity index (χ1v) is 7.76. The summed E-state index contributed by atoms with van der Waals surface area (Å²) in [6, 6.07) is 5.39. The summed E-state index contributed by atoms with van der Waals surface area (Å²) >= 11 is 7.26. The molecular formula is C13H16ClN5OS. The van der Waals surface area contributed by atoms with E-state index in [4.69, 9.17) is 17.4 Å². The van der Waals surface area contributed by atoms with E-state index < -0.39 is 0 Å². The molecule has 2 rings (SSSR count). The van der Waals surface area contributed by atoms with Crippen molar-refractivity contribution in [3.63, 3.8) is 0 Å². The molecule has 21 heavy (non-hydrogen) atoms. The van der Waals surface area contributed by atoms with Gasteiger partial charge in [-0.05, 0) is 24.6 Å². The Labute approximate surface area is 132 Å². The number of rotatable bonds is 5. The lowest BCUT2D eigenvalue weighted by Crippen LogP contribution is -2.17. The number of carbonyl (C=O) groups is 1. The minimum atomic E-state index is -0.147.